The highest BCUT2D eigenvalue weighted by molar-refractivity contribution is 6.30. The van der Waals surface area contributed by atoms with Gasteiger partial charge < -0.3 is 5.32 Å². The highest BCUT2D eigenvalue weighted by atomic mass is 35.5. The van der Waals surface area contributed by atoms with E-state index in [0.717, 1.165) is 16.9 Å². The summed E-state index contributed by atoms with van der Waals surface area (Å²) in [7, 11) is 0. The molecule has 0 fully saturated rings. The Morgan fingerprint density at radius 3 is 1.82 bits per heavy atom. The van der Waals surface area contributed by atoms with Crippen LogP contribution in [-0.4, -0.2) is 6.04 Å². The molecule has 1 aromatic carbocycles. The van der Waals surface area contributed by atoms with Crippen LogP contribution in [0.2, 0.25) is 5.02 Å². The molecule has 0 saturated carbocycles. The number of halogens is 1. The van der Waals surface area contributed by atoms with Gasteiger partial charge in [-0.3, -0.25) is 0 Å². The van der Waals surface area contributed by atoms with Crippen molar-refractivity contribution in [2.75, 3.05) is 5.32 Å². The molecule has 0 atom stereocenters. The number of anilines is 1. The monoisotopic (exact) mass is 253 g/mol. The van der Waals surface area contributed by atoms with Gasteiger partial charge in [-0.1, -0.05) is 39.3 Å². The van der Waals surface area contributed by atoms with Crippen LogP contribution in [0, 0.1) is 11.8 Å². The van der Waals surface area contributed by atoms with E-state index < -0.39 is 0 Å². The van der Waals surface area contributed by atoms with Gasteiger partial charge in [0.1, 0.15) is 0 Å². The fourth-order valence-electron chi connectivity index (χ4n) is 2.13. The van der Waals surface area contributed by atoms with Gasteiger partial charge in [0, 0.05) is 16.8 Å². The standard InChI is InChI=1S/C15H24ClN/c1-11(2)9-15(10-12(3)4)17-14-7-5-13(16)6-8-14/h5-8,11-12,15,17H,9-10H2,1-4H3. The maximum Gasteiger partial charge on any atom is 0.0407 e. The molecule has 1 nitrogen and oxygen atoms in total. The van der Waals surface area contributed by atoms with Crippen molar-refractivity contribution in [3.05, 3.63) is 29.3 Å². The Hall–Kier alpha value is -0.690. The molecule has 96 valence electrons. The fraction of sp³-hybridized carbons (Fsp3) is 0.600. The molecule has 0 bridgehead atoms. The van der Waals surface area contributed by atoms with Crippen molar-refractivity contribution >= 4 is 17.3 Å². The zero-order chi connectivity index (χ0) is 12.8. The minimum Gasteiger partial charge on any atom is -0.382 e. The quantitative estimate of drug-likeness (QED) is 0.734. The normalized spacial score (nSPS) is 11.5. The van der Waals surface area contributed by atoms with Crippen LogP contribution in [0.25, 0.3) is 0 Å². The number of hydrogen-bond donors (Lipinski definition) is 1. The molecule has 0 saturated heterocycles. The second-order valence-corrected chi connectivity index (χ2v) is 6.04. The topological polar surface area (TPSA) is 12.0 Å². The van der Waals surface area contributed by atoms with Crippen LogP contribution in [0.15, 0.2) is 24.3 Å². The van der Waals surface area contributed by atoms with E-state index in [9.17, 15) is 0 Å². The summed E-state index contributed by atoms with van der Waals surface area (Å²) in [6.45, 7) is 9.10. The van der Waals surface area contributed by atoms with Crippen LogP contribution in [0.1, 0.15) is 40.5 Å². The molecule has 0 radical (unpaired) electrons. The van der Waals surface area contributed by atoms with Gasteiger partial charge in [0.25, 0.3) is 0 Å². The van der Waals surface area contributed by atoms with Crippen LogP contribution in [0.4, 0.5) is 5.69 Å². The van der Waals surface area contributed by atoms with Crippen LogP contribution in [-0.2, 0) is 0 Å². The lowest BCUT2D eigenvalue weighted by Gasteiger charge is -2.23. The molecule has 0 aromatic heterocycles. The average molecular weight is 254 g/mol. The molecule has 0 unspecified atom stereocenters. The van der Waals surface area contributed by atoms with Crippen molar-refractivity contribution in [2.45, 2.75) is 46.6 Å². The highest BCUT2D eigenvalue weighted by Crippen LogP contribution is 2.20. The molecular formula is C15H24ClN. The summed E-state index contributed by atoms with van der Waals surface area (Å²) >= 11 is 5.89. The molecule has 2 heteroatoms. The van der Waals surface area contributed by atoms with E-state index in [4.69, 9.17) is 11.6 Å². The molecule has 17 heavy (non-hydrogen) atoms. The predicted octanol–water partition coefficient (Wildman–Crippen LogP) is 5.21. The van der Waals surface area contributed by atoms with Gasteiger partial charge in [-0.15, -0.1) is 0 Å². The number of hydrogen-bond acceptors (Lipinski definition) is 1. The highest BCUT2D eigenvalue weighted by Gasteiger charge is 2.12. The van der Waals surface area contributed by atoms with Crippen molar-refractivity contribution in [2.24, 2.45) is 11.8 Å². The Balaban J connectivity index is 2.61. The smallest absolute Gasteiger partial charge is 0.0407 e. The summed E-state index contributed by atoms with van der Waals surface area (Å²) in [6, 6.07) is 8.53. The lowest BCUT2D eigenvalue weighted by molar-refractivity contribution is 0.442. The lowest BCUT2D eigenvalue weighted by atomic mass is 9.95. The van der Waals surface area contributed by atoms with Gasteiger partial charge in [-0.25, -0.2) is 0 Å². The molecule has 0 heterocycles. The first kappa shape index (κ1) is 14.4. The van der Waals surface area contributed by atoms with Crippen LogP contribution in [0.3, 0.4) is 0 Å². The first-order valence-corrected chi connectivity index (χ1v) is 6.87. The molecule has 0 aliphatic rings. The van der Waals surface area contributed by atoms with Gasteiger partial charge in [0.15, 0.2) is 0 Å². The fourth-order valence-corrected chi connectivity index (χ4v) is 2.26. The largest absolute Gasteiger partial charge is 0.382 e. The Bertz CT molecular complexity index is 306. The van der Waals surface area contributed by atoms with E-state index in [1.807, 2.05) is 12.1 Å². The molecule has 0 aliphatic heterocycles. The summed E-state index contributed by atoms with van der Waals surface area (Å²) < 4.78 is 0. The van der Waals surface area contributed by atoms with Gasteiger partial charge in [0.2, 0.25) is 0 Å². The predicted molar refractivity (Wildman–Crippen MR) is 77.8 cm³/mol. The second kappa shape index (κ2) is 6.90. The van der Waals surface area contributed by atoms with E-state index in [-0.39, 0.29) is 0 Å². The van der Waals surface area contributed by atoms with Crippen LogP contribution in [0.5, 0.6) is 0 Å². The van der Waals surface area contributed by atoms with E-state index in [1.165, 1.54) is 18.5 Å². The van der Waals surface area contributed by atoms with Crippen LogP contribution < -0.4 is 5.32 Å². The van der Waals surface area contributed by atoms with Crippen molar-refractivity contribution < 1.29 is 0 Å². The summed E-state index contributed by atoms with van der Waals surface area (Å²) in [5, 5.41) is 4.40. The van der Waals surface area contributed by atoms with Crippen molar-refractivity contribution in [1.82, 2.24) is 0 Å². The van der Waals surface area contributed by atoms with Gasteiger partial charge >= 0.3 is 0 Å². The molecule has 0 spiro atoms. The maximum atomic E-state index is 5.89. The third-order valence-corrected chi connectivity index (χ3v) is 2.98. The second-order valence-electron chi connectivity index (χ2n) is 5.61. The molecular weight excluding hydrogens is 230 g/mol. The first-order chi connectivity index (χ1) is 7.97. The maximum absolute atomic E-state index is 5.89. The minimum atomic E-state index is 0.552. The van der Waals surface area contributed by atoms with Crippen molar-refractivity contribution in [1.29, 1.82) is 0 Å². The first-order valence-electron chi connectivity index (χ1n) is 6.49. The van der Waals surface area contributed by atoms with Crippen LogP contribution >= 0.6 is 11.6 Å². The minimum absolute atomic E-state index is 0.552. The van der Waals surface area contributed by atoms with Crippen molar-refractivity contribution in [3.63, 3.8) is 0 Å². The van der Waals surface area contributed by atoms with E-state index >= 15 is 0 Å². The average Bonchev–Trinajstić information content (AvgIpc) is 2.19. The van der Waals surface area contributed by atoms with Crippen molar-refractivity contribution in [3.8, 4) is 0 Å². The Morgan fingerprint density at radius 2 is 1.41 bits per heavy atom. The van der Waals surface area contributed by atoms with E-state index in [0.29, 0.717) is 6.04 Å². The van der Waals surface area contributed by atoms with E-state index in [2.05, 4.69) is 45.1 Å². The molecule has 1 rings (SSSR count). The Kier molecular flexibility index (Phi) is 5.84. The number of nitrogens with one attached hydrogen (secondary N) is 1. The summed E-state index contributed by atoms with van der Waals surface area (Å²) in [4.78, 5) is 0. The molecule has 1 N–H and O–H groups in total. The lowest BCUT2D eigenvalue weighted by Crippen LogP contribution is -2.23. The zero-order valence-corrected chi connectivity index (χ0v) is 12.1. The number of rotatable bonds is 6. The zero-order valence-electron chi connectivity index (χ0n) is 11.3. The SMILES string of the molecule is CC(C)CC(CC(C)C)Nc1ccc(Cl)cc1. The van der Waals surface area contributed by atoms with Gasteiger partial charge in [-0.2, -0.15) is 0 Å². The summed E-state index contributed by atoms with van der Waals surface area (Å²) in [5.41, 5.74) is 1.17. The summed E-state index contributed by atoms with van der Waals surface area (Å²) in [5.74, 6) is 1.44. The van der Waals surface area contributed by atoms with Gasteiger partial charge in [-0.05, 0) is 48.9 Å². The molecule has 1 aromatic rings. The van der Waals surface area contributed by atoms with Gasteiger partial charge in [0.05, 0.1) is 0 Å². The Labute approximate surface area is 111 Å². The Morgan fingerprint density at radius 1 is 0.941 bits per heavy atom. The van der Waals surface area contributed by atoms with E-state index in [1.54, 1.807) is 0 Å². The molecule has 0 aliphatic carbocycles. The third kappa shape index (κ3) is 5.97. The summed E-state index contributed by atoms with van der Waals surface area (Å²) in [6.07, 6.45) is 2.42. The molecule has 0 amide bonds. The number of benzene rings is 1. The third-order valence-electron chi connectivity index (χ3n) is 2.73.